The van der Waals surface area contributed by atoms with Crippen LogP contribution in [-0.4, -0.2) is 42.1 Å². The standard InChI is InChI=1S/C23H27N5O/c1-17(2)19-6-5-7-20(14-19)23(3,4)26-22(29)28-12-10-27(11-13-28)21-9-8-18(15-24)16-25-21/h5-9,14,16H,1,10-13H2,2-4H3,(H,26,29). The second kappa shape index (κ2) is 8.36. The first kappa shape index (κ1) is 20.4. The summed E-state index contributed by atoms with van der Waals surface area (Å²) in [5.41, 5.74) is 3.18. The Labute approximate surface area is 172 Å². The largest absolute Gasteiger partial charge is 0.353 e. The van der Waals surface area contributed by atoms with Crippen molar-refractivity contribution in [3.63, 3.8) is 0 Å². The molecule has 29 heavy (non-hydrogen) atoms. The number of nitrogens with one attached hydrogen (secondary N) is 1. The van der Waals surface area contributed by atoms with Crippen LogP contribution >= 0.6 is 0 Å². The fraction of sp³-hybridized carbons (Fsp3) is 0.348. The van der Waals surface area contributed by atoms with Gasteiger partial charge in [-0.1, -0.05) is 30.4 Å². The predicted octanol–water partition coefficient (Wildman–Crippen LogP) is 3.75. The van der Waals surface area contributed by atoms with E-state index < -0.39 is 5.54 Å². The Kier molecular flexibility index (Phi) is 5.88. The van der Waals surface area contributed by atoms with Gasteiger partial charge in [0.25, 0.3) is 0 Å². The summed E-state index contributed by atoms with van der Waals surface area (Å²) in [6, 6.07) is 13.8. The molecule has 2 aromatic rings. The number of anilines is 1. The molecule has 0 atom stereocenters. The summed E-state index contributed by atoms with van der Waals surface area (Å²) in [5, 5.41) is 12.1. The van der Waals surface area contributed by atoms with E-state index in [-0.39, 0.29) is 6.03 Å². The number of pyridine rings is 1. The molecule has 6 heteroatoms. The molecule has 1 saturated heterocycles. The third-order valence-electron chi connectivity index (χ3n) is 5.26. The molecule has 6 nitrogen and oxygen atoms in total. The van der Waals surface area contributed by atoms with Gasteiger partial charge in [-0.05, 0) is 50.1 Å². The van der Waals surface area contributed by atoms with Crippen LogP contribution in [0.15, 0.2) is 49.2 Å². The fourth-order valence-corrected chi connectivity index (χ4v) is 3.37. The van der Waals surface area contributed by atoms with E-state index in [1.54, 1.807) is 12.3 Å². The summed E-state index contributed by atoms with van der Waals surface area (Å²) in [4.78, 5) is 21.2. The number of hydrogen-bond donors (Lipinski definition) is 1. The molecule has 0 radical (unpaired) electrons. The summed E-state index contributed by atoms with van der Waals surface area (Å²) < 4.78 is 0. The van der Waals surface area contributed by atoms with E-state index >= 15 is 0 Å². The smallest absolute Gasteiger partial charge is 0.318 e. The number of carbonyl (C=O) groups excluding carboxylic acids is 1. The maximum atomic E-state index is 12.9. The molecule has 3 rings (SSSR count). The van der Waals surface area contributed by atoms with E-state index in [0.29, 0.717) is 31.7 Å². The second-order valence-electron chi connectivity index (χ2n) is 7.91. The summed E-state index contributed by atoms with van der Waals surface area (Å²) in [7, 11) is 0. The van der Waals surface area contributed by atoms with Crippen molar-refractivity contribution in [3.05, 3.63) is 65.9 Å². The van der Waals surface area contributed by atoms with Gasteiger partial charge in [-0.25, -0.2) is 9.78 Å². The normalized spacial score (nSPS) is 14.3. The van der Waals surface area contributed by atoms with Crippen LogP contribution in [0.5, 0.6) is 0 Å². The van der Waals surface area contributed by atoms with Crippen molar-refractivity contribution in [2.45, 2.75) is 26.3 Å². The second-order valence-corrected chi connectivity index (χ2v) is 7.91. The third kappa shape index (κ3) is 4.75. The summed E-state index contributed by atoms with van der Waals surface area (Å²) >= 11 is 0. The lowest BCUT2D eigenvalue weighted by molar-refractivity contribution is 0.183. The Morgan fingerprint density at radius 3 is 2.52 bits per heavy atom. The first-order valence-corrected chi connectivity index (χ1v) is 9.75. The lowest BCUT2D eigenvalue weighted by atomic mass is 9.92. The molecule has 1 aliphatic rings. The zero-order valence-corrected chi connectivity index (χ0v) is 17.3. The van der Waals surface area contributed by atoms with Crippen LogP contribution in [0, 0.1) is 11.3 Å². The molecule has 0 bridgehead atoms. The van der Waals surface area contributed by atoms with Gasteiger partial charge in [0, 0.05) is 32.4 Å². The van der Waals surface area contributed by atoms with Crippen molar-refractivity contribution in [2.75, 3.05) is 31.1 Å². The quantitative estimate of drug-likeness (QED) is 0.864. The molecule has 0 spiro atoms. The van der Waals surface area contributed by atoms with Crippen molar-refractivity contribution in [1.82, 2.24) is 15.2 Å². The van der Waals surface area contributed by atoms with E-state index in [1.807, 2.05) is 49.9 Å². The predicted molar refractivity (Wildman–Crippen MR) is 115 cm³/mol. The number of carbonyl (C=O) groups is 1. The van der Waals surface area contributed by atoms with E-state index in [1.165, 1.54) is 0 Å². The Balaban J connectivity index is 1.61. The number of allylic oxidation sites excluding steroid dienone is 1. The highest BCUT2D eigenvalue weighted by atomic mass is 16.2. The number of amides is 2. The fourth-order valence-electron chi connectivity index (χ4n) is 3.37. The van der Waals surface area contributed by atoms with Crippen LogP contribution in [0.4, 0.5) is 10.6 Å². The molecule has 1 aliphatic heterocycles. The number of benzene rings is 1. The van der Waals surface area contributed by atoms with Crippen molar-refractivity contribution >= 4 is 17.4 Å². The van der Waals surface area contributed by atoms with Crippen LogP contribution in [-0.2, 0) is 5.54 Å². The minimum Gasteiger partial charge on any atom is -0.353 e. The molecule has 0 unspecified atom stereocenters. The van der Waals surface area contributed by atoms with E-state index in [4.69, 9.17) is 5.26 Å². The number of nitrogens with zero attached hydrogens (tertiary/aromatic N) is 4. The topological polar surface area (TPSA) is 72.3 Å². The summed E-state index contributed by atoms with van der Waals surface area (Å²) in [5.74, 6) is 0.834. The maximum Gasteiger partial charge on any atom is 0.318 e. The highest BCUT2D eigenvalue weighted by molar-refractivity contribution is 5.76. The highest BCUT2D eigenvalue weighted by Crippen LogP contribution is 2.24. The average Bonchev–Trinajstić information content (AvgIpc) is 2.73. The Hall–Kier alpha value is -3.33. The third-order valence-corrected chi connectivity index (χ3v) is 5.26. The average molecular weight is 390 g/mol. The highest BCUT2D eigenvalue weighted by Gasteiger charge is 2.28. The number of piperazine rings is 1. The Morgan fingerprint density at radius 1 is 1.21 bits per heavy atom. The van der Waals surface area contributed by atoms with Crippen LogP contribution < -0.4 is 10.2 Å². The van der Waals surface area contributed by atoms with E-state index in [9.17, 15) is 4.79 Å². The summed E-state index contributed by atoms with van der Waals surface area (Å²) in [6.45, 7) is 12.7. The number of urea groups is 1. The molecule has 1 fully saturated rings. The molecule has 0 saturated carbocycles. The molecule has 1 N–H and O–H groups in total. The molecule has 1 aromatic carbocycles. The van der Waals surface area contributed by atoms with Gasteiger partial charge in [0.05, 0.1) is 11.1 Å². The van der Waals surface area contributed by atoms with Crippen LogP contribution in [0.2, 0.25) is 0 Å². The van der Waals surface area contributed by atoms with Gasteiger partial charge < -0.3 is 15.1 Å². The molecular formula is C23H27N5O. The van der Waals surface area contributed by atoms with Gasteiger partial charge in [-0.3, -0.25) is 0 Å². The van der Waals surface area contributed by atoms with Gasteiger partial charge in [-0.15, -0.1) is 0 Å². The zero-order valence-electron chi connectivity index (χ0n) is 17.3. The molecule has 2 amide bonds. The molecule has 2 heterocycles. The van der Waals surface area contributed by atoms with Crippen molar-refractivity contribution in [3.8, 4) is 6.07 Å². The lowest BCUT2D eigenvalue weighted by Gasteiger charge is -2.37. The monoisotopic (exact) mass is 389 g/mol. The van der Waals surface area contributed by atoms with Gasteiger partial charge in [0.1, 0.15) is 11.9 Å². The van der Waals surface area contributed by atoms with E-state index in [2.05, 4.69) is 33.9 Å². The molecule has 1 aromatic heterocycles. The minimum atomic E-state index is -0.492. The SMILES string of the molecule is C=C(C)c1cccc(C(C)(C)NC(=O)N2CCN(c3ccc(C#N)cn3)CC2)c1. The van der Waals surface area contributed by atoms with Gasteiger partial charge >= 0.3 is 6.03 Å². The Bertz CT molecular complexity index is 934. The molecule has 150 valence electrons. The van der Waals surface area contributed by atoms with Gasteiger partial charge in [0.2, 0.25) is 0 Å². The van der Waals surface area contributed by atoms with Gasteiger partial charge in [-0.2, -0.15) is 5.26 Å². The molecule has 0 aliphatic carbocycles. The minimum absolute atomic E-state index is 0.0665. The molecular weight excluding hydrogens is 362 g/mol. The number of aromatic nitrogens is 1. The van der Waals surface area contributed by atoms with Gasteiger partial charge in [0.15, 0.2) is 0 Å². The number of nitriles is 1. The Morgan fingerprint density at radius 2 is 1.93 bits per heavy atom. The zero-order chi connectivity index (χ0) is 21.0. The summed E-state index contributed by atoms with van der Waals surface area (Å²) in [6.07, 6.45) is 1.58. The van der Waals surface area contributed by atoms with Crippen LogP contribution in [0.25, 0.3) is 5.57 Å². The first-order chi connectivity index (χ1) is 13.8. The first-order valence-electron chi connectivity index (χ1n) is 9.75. The van der Waals surface area contributed by atoms with Crippen LogP contribution in [0.1, 0.15) is 37.5 Å². The lowest BCUT2D eigenvalue weighted by Crippen LogP contribution is -2.55. The van der Waals surface area contributed by atoms with Crippen molar-refractivity contribution in [1.29, 1.82) is 5.26 Å². The number of rotatable bonds is 4. The van der Waals surface area contributed by atoms with Crippen molar-refractivity contribution < 1.29 is 4.79 Å². The van der Waals surface area contributed by atoms with Crippen molar-refractivity contribution in [2.24, 2.45) is 0 Å². The van der Waals surface area contributed by atoms with Crippen LogP contribution in [0.3, 0.4) is 0 Å². The van der Waals surface area contributed by atoms with E-state index in [0.717, 1.165) is 22.5 Å². The maximum absolute atomic E-state index is 12.9. The number of hydrogen-bond acceptors (Lipinski definition) is 4.